The molecule has 0 bridgehead atoms. The second-order valence-corrected chi connectivity index (χ2v) is 8.07. The van der Waals surface area contributed by atoms with Gasteiger partial charge in [0, 0.05) is 0 Å². The Hall–Kier alpha value is -1.70. The Morgan fingerprint density at radius 2 is 1.14 bits per heavy atom. The van der Waals surface area contributed by atoms with E-state index in [9.17, 15) is 0 Å². The van der Waals surface area contributed by atoms with Crippen LogP contribution < -0.4 is 9.47 Å². The Bertz CT molecular complexity index is 624. The molecule has 2 aromatic rings. The smallest absolute Gasteiger partial charge is 0.130 e. The highest BCUT2D eigenvalue weighted by Crippen LogP contribution is 2.35. The standard InChI is InChI=1S/C26H40O2/c1-5-9-13-21(7-3)19-27-24-17-11-15-23-16-12-18-25(26(23)24)28-20-22(8-4)14-10-6-2/h11-12,15-18,21-22H,5-10,13-14,19-20H2,1-4H3. The van der Waals surface area contributed by atoms with Crippen molar-refractivity contribution in [2.45, 2.75) is 79.1 Å². The number of fused-ring (bicyclic) bond motifs is 1. The topological polar surface area (TPSA) is 18.5 Å². The first kappa shape index (κ1) is 22.6. The molecule has 2 heteroatoms. The summed E-state index contributed by atoms with van der Waals surface area (Å²) in [7, 11) is 0. The summed E-state index contributed by atoms with van der Waals surface area (Å²) in [6.07, 6.45) is 9.89. The minimum atomic E-state index is 0.627. The molecule has 0 radical (unpaired) electrons. The maximum absolute atomic E-state index is 6.33. The van der Waals surface area contributed by atoms with Crippen molar-refractivity contribution in [2.24, 2.45) is 11.8 Å². The van der Waals surface area contributed by atoms with Gasteiger partial charge in [-0.3, -0.25) is 0 Å². The van der Waals surface area contributed by atoms with Crippen LogP contribution in [0.25, 0.3) is 10.8 Å². The Labute approximate surface area is 172 Å². The van der Waals surface area contributed by atoms with Crippen molar-refractivity contribution in [1.29, 1.82) is 0 Å². The van der Waals surface area contributed by atoms with Crippen LogP contribution in [-0.4, -0.2) is 13.2 Å². The summed E-state index contributed by atoms with van der Waals surface area (Å²) < 4.78 is 12.7. The molecule has 28 heavy (non-hydrogen) atoms. The predicted octanol–water partition coefficient (Wildman–Crippen LogP) is 8.03. The van der Waals surface area contributed by atoms with Crippen molar-refractivity contribution in [3.05, 3.63) is 36.4 Å². The molecule has 2 atom stereocenters. The van der Waals surface area contributed by atoms with E-state index in [2.05, 4.69) is 64.1 Å². The first-order valence-electron chi connectivity index (χ1n) is 11.5. The lowest BCUT2D eigenvalue weighted by atomic mass is 10.0. The summed E-state index contributed by atoms with van der Waals surface area (Å²) in [5.41, 5.74) is 0. The highest BCUT2D eigenvalue weighted by atomic mass is 16.5. The molecule has 0 heterocycles. The molecule has 0 aromatic heterocycles. The molecule has 2 rings (SSSR count). The van der Waals surface area contributed by atoms with E-state index in [1.807, 2.05) is 0 Å². The first-order valence-corrected chi connectivity index (χ1v) is 11.5. The number of hydrogen-bond acceptors (Lipinski definition) is 2. The van der Waals surface area contributed by atoms with Gasteiger partial charge in [-0.1, -0.05) is 90.5 Å². The van der Waals surface area contributed by atoms with Gasteiger partial charge in [0.25, 0.3) is 0 Å². The molecule has 2 nitrogen and oxygen atoms in total. The fourth-order valence-electron chi connectivity index (χ4n) is 3.73. The van der Waals surface area contributed by atoms with Crippen LogP contribution in [0.15, 0.2) is 36.4 Å². The number of benzene rings is 2. The maximum Gasteiger partial charge on any atom is 0.130 e. The maximum atomic E-state index is 6.33. The quantitative estimate of drug-likeness (QED) is 0.328. The van der Waals surface area contributed by atoms with Crippen molar-refractivity contribution in [2.75, 3.05) is 13.2 Å². The van der Waals surface area contributed by atoms with Gasteiger partial charge < -0.3 is 9.47 Å². The summed E-state index contributed by atoms with van der Waals surface area (Å²) >= 11 is 0. The number of rotatable bonds is 14. The monoisotopic (exact) mass is 384 g/mol. The van der Waals surface area contributed by atoms with Crippen molar-refractivity contribution in [1.82, 2.24) is 0 Å². The summed E-state index contributed by atoms with van der Waals surface area (Å²) in [5.74, 6) is 3.18. The van der Waals surface area contributed by atoms with Crippen LogP contribution in [0.3, 0.4) is 0 Å². The molecule has 0 spiro atoms. The van der Waals surface area contributed by atoms with Crippen molar-refractivity contribution >= 4 is 10.8 Å². The Morgan fingerprint density at radius 3 is 1.54 bits per heavy atom. The molecule has 2 aromatic carbocycles. The molecule has 0 saturated heterocycles. The van der Waals surface area contributed by atoms with Gasteiger partial charge in [0.2, 0.25) is 0 Å². The van der Waals surface area contributed by atoms with Crippen LogP contribution in [0.2, 0.25) is 0 Å². The summed E-state index contributed by atoms with van der Waals surface area (Å²) in [6.45, 7) is 10.6. The lowest BCUT2D eigenvalue weighted by Gasteiger charge is -2.19. The molecule has 0 aliphatic heterocycles. The SMILES string of the molecule is CCCCC(CC)COc1cccc2cccc(OCC(CC)CCCC)c12. The molecule has 0 saturated carbocycles. The Balaban J connectivity index is 2.14. The molecule has 0 N–H and O–H groups in total. The van der Waals surface area contributed by atoms with Crippen molar-refractivity contribution < 1.29 is 9.47 Å². The van der Waals surface area contributed by atoms with Crippen molar-refractivity contribution in [3.63, 3.8) is 0 Å². The molecule has 0 aliphatic carbocycles. The third-order valence-electron chi connectivity index (χ3n) is 5.86. The zero-order valence-corrected chi connectivity index (χ0v) is 18.5. The van der Waals surface area contributed by atoms with E-state index in [1.165, 1.54) is 56.8 Å². The fraction of sp³-hybridized carbons (Fsp3) is 0.615. The van der Waals surface area contributed by atoms with E-state index in [1.54, 1.807) is 0 Å². The second kappa shape index (κ2) is 12.7. The molecular formula is C26H40O2. The number of ether oxygens (including phenoxy) is 2. The highest BCUT2D eigenvalue weighted by molar-refractivity contribution is 5.93. The van der Waals surface area contributed by atoms with Crippen LogP contribution in [-0.2, 0) is 0 Å². The fourth-order valence-corrected chi connectivity index (χ4v) is 3.73. The van der Waals surface area contributed by atoms with E-state index < -0.39 is 0 Å². The third-order valence-corrected chi connectivity index (χ3v) is 5.86. The van der Waals surface area contributed by atoms with E-state index in [0.717, 1.165) is 30.1 Å². The van der Waals surface area contributed by atoms with Gasteiger partial charge >= 0.3 is 0 Å². The average Bonchev–Trinajstić information content (AvgIpc) is 2.74. The van der Waals surface area contributed by atoms with Gasteiger partial charge in [-0.2, -0.15) is 0 Å². The average molecular weight is 385 g/mol. The van der Waals surface area contributed by atoms with E-state index in [-0.39, 0.29) is 0 Å². The second-order valence-electron chi connectivity index (χ2n) is 8.07. The van der Waals surface area contributed by atoms with Gasteiger partial charge in [-0.25, -0.2) is 0 Å². The zero-order valence-electron chi connectivity index (χ0n) is 18.5. The van der Waals surface area contributed by atoms with Crippen LogP contribution in [0, 0.1) is 11.8 Å². The van der Waals surface area contributed by atoms with Crippen LogP contribution in [0.1, 0.15) is 79.1 Å². The molecule has 2 unspecified atom stereocenters. The first-order chi connectivity index (χ1) is 13.7. The Morgan fingerprint density at radius 1 is 0.679 bits per heavy atom. The third kappa shape index (κ3) is 6.72. The molecule has 0 aliphatic rings. The minimum absolute atomic E-state index is 0.627. The lowest BCUT2D eigenvalue weighted by Crippen LogP contribution is -2.13. The van der Waals surface area contributed by atoms with E-state index >= 15 is 0 Å². The van der Waals surface area contributed by atoms with Crippen molar-refractivity contribution in [3.8, 4) is 11.5 Å². The van der Waals surface area contributed by atoms with E-state index in [4.69, 9.17) is 9.47 Å². The number of unbranched alkanes of at least 4 members (excludes halogenated alkanes) is 2. The Kier molecular flexibility index (Phi) is 10.2. The van der Waals surface area contributed by atoms with Gasteiger partial charge in [0.15, 0.2) is 0 Å². The van der Waals surface area contributed by atoms with Gasteiger partial charge in [0.05, 0.1) is 18.6 Å². The largest absolute Gasteiger partial charge is 0.493 e. The highest BCUT2D eigenvalue weighted by Gasteiger charge is 2.13. The molecule has 0 amide bonds. The van der Waals surface area contributed by atoms with Crippen LogP contribution in [0.4, 0.5) is 0 Å². The minimum Gasteiger partial charge on any atom is -0.493 e. The van der Waals surface area contributed by atoms with E-state index in [0.29, 0.717) is 11.8 Å². The lowest BCUT2D eigenvalue weighted by molar-refractivity contribution is 0.228. The van der Waals surface area contributed by atoms with Gasteiger partial charge in [-0.05, 0) is 42.2 Å². The van der Waals surface area contributed by atoms with Gasteiger partial charge in [0.1, 0.15) is 11.5 Å². The zero-order chi connectivity index (χ0) is 20.2. The molecule has 0 fully saturated rings. The summed E-state index contributed by atoms with van der Waals surface area (Å²) in [6, 6.07) is 12.7. The summed E-state index contributed by atoms with van der Waals surface area (Å²) in [4.78, 5) is 0. The predicted molar refractivity (Wildman–Crippen MR) is 122 cm³/mol. The van der Waals surface area contributed by atoms with Crippen LogP contribution in [0.5, 0.6) is 11.5 Å². The molecular weight excluding hydrogens is 344 g/mol. The van der Waals surface area contributed by atoms with Gasteiger partial charge in [-0.15, -0.1) is 0 Å². The van der Waals surface area contributed by atoms with Crippen LogP contribution >= 0.6 is 0 Å². The summed E-state index contributed by atoms with van der Waals surface area (Å²) in [5, 5.41) is 2.32. The molecule has 156 valence electrons. The normalized spacial score (nSPS) is 13.4. The number of hydrogen-bond donors (Lipinski definition) is 0.